The normalized spacial score (nSPS) is 17.7. The highest BCUT2D eigenvalue weighted by molar-refractivity contribution is 5.75. The first kappa shape index (κ1) is 18.8. The molecule has 0 radical (unpaired) electrons. The summed E-state index contributed by atoms with van der Waals surface area (Å²) in [5, 5.41) is 0. The molecule has 148 valence electrons. The lowest BCUT2D eigenvalue weighted by molar-refractivity contribution is 0.0428. The SMILES string of the molecule is Cc1cccc(-c2ccc(N3CCN(C(=O)N4CCOCC4)CC3)cc2)c1C. The molecule has 2 heterocycles. The second kappa shape index (κ2) is 8.23. The molecule has 2 fully saturated rings. The van der Waals surface area contributed by atoms with Crippen LogP contribution in [0.2, 0.25) is 0 Å². The molecule has 0 atom stereocenters. The zero-order valence-corrected chi connectivity index (χ0v) is 16.9. The summed E-state index contributed by atoms with van der Waals surface area (Å²) in [6, 6.07) is 15.5. The first-order valence-electron chi connectivity index (χ1n) is 10.2. The summed E-state index contributed by atoms with van der Waals surface area (Å²) in [7, 11) is 0. The number of nitrogens with zero attached hydrogens (tertiary/aromatic N) is 3. The number of aryl methyl sites for hydroxylation is 1. The van der Waals surface area contributed by atoms with Gasteiger partial charge in [-0.25, -0.2) is 4.79 Å². The molecule has 2 aliphatic heterocycles. The van der Waals surface area contributed by atoms with E-state index < -0.39 is 0 Å². The predicted molar refractivity (Wildman–Crippen MR) is 113 cm³/mol. The fraction of sp³-hybridized carbons (Fsp3) is 0.435. The highest BCUT2D eigenvalue weighted by atomic mass is 16.5. The molecule has 0 saturated carbocycles. The summed E-state index contributed by atoms with van der Waals surface area (Å²) in [6.45, 7) is 10.4. The molecule has 2 aromatic carbocycles. The van der Waals surface area contributed by atoms with Gasteiger partial charge >= 0.3 is 6.03 Å². The summed E-state index contributed by atoms with van der Waals surface area (Å²) in [5.74, 6) is 0. The van der Waals surface area contributed by atoms with Crippen LogP contribution in [0.15, 0.2) is 42.5 Å². The Morgan fingerprint density at radius 3 is 2.14 bits per heavy atom. The van der Waals surface area contributed by atoms with Crippen LogP contribution in [0, 0.1) is 13.8 Å². The summed E-state index contributed by atoms with van der Waals surface area (Å²) < 4.78 is 5.35. The Balaban J connectivity index is 1.38. The molecule has 2 aromatic rings. The van der Waals surface area contributed by atoms with E-state index in [9.17, 15) is 4.79 Å². The van der Waals surface area contributed by atoms with Gasteiger partial charge in [-0.3, -0.25) is 0 Å². The number of piperazine rings is 1. The van der Waals surface area contributed by atoms with E-state index in [1.165, 1.54) is 27.9 Å². The molecule has 0 unspecified atom stereocenters. The van der Waals surface area contributed by atoms with E-state index in [1.807, 2.05) is 9.80 Å². The Labute approximate surface area is 167 Å². The van der Waals surface area contributed by atoms with Crippen molar-refractivity contribution in [3.05, 3.63) is 53.6 Å². The van der Waals surface area contributed by atoms with Crippen molar-refractivity contribution in [1.82, 2.24) is 9.80 Å². The molecule has 0 N–H and O–H groups in total. The summed E-state index contributed by atoms with van der Waals surface area (Å²) in [6.07, 6.45) is 0. The lowest BCUT2D eigenvalue weighted by atomic mass is 9.97. The number of carbonyl (C=O) groups excluding carboxylic acids is 1. The van der Waals surface area contributed by atoms with Gasteiger partial charge in [0.15, 0.2) is 0 Å². The van der Waals surface area contributed by atoms with Gasteiger partial charge in [-0.15, -0.1) is 0 Å². The van der Waals surface area contributed by atoms with Crippen molar-refractivity contribution in [1.29, 1.82) is 0 Å². The standard InChI is InChI=1S/C23H29N3O2/c1-18-4-3-5-22(19(18)2)20-6-8-21(9-7-20)24-10-12-25(13-11-24)23(27)26-14-16-28-17-15-26/h3-9H,10-17H2,1-2H3. The molecule has 5 heteroatoms. The average Bonchev–Trinajstić information content (AvgIpc) is 2.76. The number of rotatable bonds is 2. The van der Waals surface area contributed by atoms with Gasteiger partial charge in [0.25, 0.3) is 0 Å². The molecule has 0 spiro atoms. The van der Waals surface area contributed by atoms with Crippen LogP contribution >= 0.6 is 0 Å². The molecule has 2 amide bonds. The highest BCUT2D eigenvalue weighted by Gasteiger charge is 2.26. The summed E-state index contributed by atoms with van der Waals surface area (Å²) in [4.78, 5) is 18.9. The van der Waals surface area contributed by atoms with Gasteiger partial charge in [-0.05, 0) is 48.2 Å². The maximum atomic E-state index is 12.6. The monoisotopic (exact) mass is 379 g/mol. The van der Waals surface area contributed by atoms with Gasteiger partial charge in [0.05, 0.1) is 13.2 Å². The van der Waals surface area contributed by atoms with E-state index >= 15 is 0 Å². The third-order valence-electron chi connectivity index (χ3n) is 5.98. The van der Waals surface area contributed by atoms with Crippen LogP contribution in [0.1, 0.15) is 11.1 Å². The van der Waals surface area contributed by atoms with Crippen molar-refractivity contribution in [2.24, 2.45) is 0 Å². The lowest BCUT2D eigenvalue weighted by Crippen LogP contribution is -2.54. The number of hydrogen-bond donors (Lipinski definition) is 0. The van der Waals surface area contributed by atoms with Crippen molar-refractivity contribution in [3.63, 3.8) is 0 Å². The van der Waals surface area contributed by atoms with Crippen molar-refractivity contribution in [2.75, 3.05) is 57.4 Å². The number of anilines is 1. The zero-order chi connectivity index (χ0) is 19.5. The molecule has 5 nitrogen and oxygen atoms in total. The van der Waals surface area contributed by atoms with E-state index in [-0.39, 0.29) is 6.03 Å². The largest absolute Gasteiger partial charge is 0.378 e. The van der Waals surface area contributed by atoms with E-state index in [1.54, 1.807) is 0 Å². The molecule has 0 aromatic heterocycles. The molecular formula is C23H29N3O2. The molecule has 2 saturated heterocycles. The number of hydrogen-bond acceptors (Lipinski definition) is 3. The third kappa shape index (κ3) is 3.85. The fourth-order valence-electron chi connectivity index (χ4n) is 4.03. The minimum Gasteiger partial charge on any atom is -0.378 e. The first-order valence-corrected chi connectivity index (χ1v) is 10.2. The predicted octanol–water partition coefficient (Wildman–Crippen LogP) is 3.54. The second-order valence-electron chi connectivity index (χ2n) is 7.65. The van der Waals surface area contributed by atoms with Gasteiger partial charge in [-0.1, -0.05) is 30.3 Å². The van der Waals surface area contributed by atoms with Crippen LogP contribution < -0.4 is 4.90 Å². The number of urea groups is 1. The average molecular weight is 380 g/mol. The fourth-order valence-corrected chi connectivity index (χ4v) is 4.03. The van der Waals surface area contributed by atoms with Crippen LogP contribution in [0.5, 0.6) is 0 Å². The molecule has 28 heavy (non-hydrogen) atoms. The smallest absolute Gasteiger partial charge is 0.320 e. The summed E-state index contributed by atoms with van der Waals surface area (Å²) in [5.41, 5.74) is 6.44. The lowest BCUT2D eigenvalue weighted by Gasteiger charge is -2.39. The topological polar surface area (TPSA) is 36.0 Å². The van der Waals surface area contributed by atoms with Crippen molar-refractivity contribution < 1.29 is 9.53 Å². The minimum absolute atomic E-state index is 0.160. The van der Waals surface area contributed by atoms with Crippen LogP contribution in [0.3, 0.4) is 0 Å². The van der Waals surface area contributed by atoms with Gasteiger partial charge in [-0.2, -0.15) is 0 Å². The van der Waals surface area contributed by atoms with E-state index in [0.29, 0.717) is 26.3 Å². The maximum absolute atomic E-state index is 12.6. The third-order valence-corrected chi connectivity index (χ3v) is 5.98. The van der Waals surface area contributed by atoms with Crippen LogP contribution in [0.4, 0.5) is 10.5 Å². The van der Waals surface area contributed by atoms with Crippen molar-refractivity contribution in [2.45, 2.75) is 13.8 Å². The van der Waals surface area contributed by atoms with Crippen LogP contribution in [0.25, 0.3) is 11.1 Å². The molecule has 2 aliphatic rings. The first-order chi connectivity index (χ1) is 13.6. The minimum atomic E-state index is 0.160. The van der Waals surface area contributed by atoms with Gasteiger partial charge in [0, 0.05) is 45.0 Å². The Kier molecular flexibility index (Phi) is 5.53. The number of benzene rings is 2. The van der Waals surface area contributed by atoms with E-state index in [2.05, 4.69) is 61.2 Å². The van der Waals surface area contributed by atoms with E-state index in [4.69, 9.17) is 4.74 Å². The number of ether oxygens (including phenoxy) is 1. The number of morpholine rings is 1. The molecular weight excluding hydrogens is 350 g/mol. The molecule has 4 rings (SSSR count). The van der Waals surface area contributed by atoms with Crippen molar-refractivity contribution >= 4 is 11.7 Å². The second-order valence-corrected chi connectivity index (χ2v) is 7.65. The maximum Gasteiger partial charge on any atom is 0.320 e. The van der Waals surface area contributed by atoms with E-state index in [0.717, 1.165) is 26.2 Å². The van der Waals surface area contributed by atoms with Gasteiger partial charge in [0.1, 0.15) is 0 Å². The van der Waals surface area contributed by atoms with Crippen LogP contribution in [-0.2, 0) is 4.74 Å². The number of carbonyl (C=O) groups is 1. The Bertz CT molecular complexity index is 820. The Morgan fingerprint density at radius 1 is 0.821 bits per heavy atom. The van der Waals surface area contributed by atoms with Gasteiger partial charge in [0.2, 0.25) is 0 Å². The van der Waals surface area contributed by atoms with Crippen LogP contribution in [-0.4, -0.2) is 68.3 Å². The summed E-state index contributed by atoms with van der Waals surface area (Å²) >= 11 is 0. The highest BCUT2D eigenvalue weighted by Crippen LogP contribution is 2.28. The molecule has 0 bridgehead atoms. The van der Waals surface area contributed by atoms with Crippen molar-refractivity contribution in [3.8, 4) is 11.1 Å². The molecule has 0 aliphatic carbocycles. The quantitative estimate of drug-likeness (QED) is 0.801. The number of amides is 2. The Morgan fingerprint density at radius 2 is 1.46 bits per heavy atom. The van der Waals surface area contributed by atoms with Gasteiger partial charge < -0.3 is 19.4 Å². The Hall–Kier alpha value is -2.53. The zero-order valence-electron chi connectivity index (χ0n) is 16.9.